The van der Waals surface area contributed by atoms with Crippen LogP contribution in [0.2, 0.25) is 0 Å². The standard InChI is InChI=1S/C19H27FN2/c20-18-5-3-14(4-6-18)15-7-9-22(10-8-15)13-17-11-21-12-19(17)16-1-2-16/h3-6,15-17,19,21H,1-2,7-13H2/t17-,19+/m1/s1. The molecule has 2 atom stereocenters. The molecular formula is C19H27FN2. The van der Waals surface area contributed by atoms with Gasteiger partial charge in [-0.3, -0.25) is 0 Å². The minimum atomic E-state index is -0.124. The van der Waals surface area contributed by atoms with Crippen molar-refractivity contribution in [1.82, 2.24) is 10.2 Å². The average molecular weight is 302 g/mol. The van der Waals surface area contributed by atoms with Gasteiger partial charge in [0.25, 0.3) is 0 Å². The number of benzene rings is 1. The van der Waals surface area contributed by atoms with Crippen LogP contribution >= 0.6 is 0 Å². The topological polar surface area (TPSA) is 15.3 Å². The number of likely N-dealkylation sites (tertiary alicyclic amines) is 1. The molecule has 3 heteroatoms. The van der Waals surface area contributed by atoms with Crippen molar-refractivity contribution >= 4 is 0 Å². The van der Waals surface area contributed by atoms with Crippen LogP contribution in [0.3, 0.4) is 0 Å². The van der Waals surface area contributed by atoms with Crippen molar-refractivity contribution in [2.75, 3.05) is 32.7 Å². The average Bonchev–Trinajstić information content (AvgIpc) is 3.29. The molecule has 1 aromatic carbocycles. The third-order valence-electron chi connectivity index (χ3n) is 6.04. The number of hydrogen-bond donors (Lipinski definition) is 1. The first kappa shape index (κ1) is 14.6. The molecule has 0 spiro atoms. The highest BCUT2D eigenvalue weighted by atomic mass is 19.1. The van der Waals surface area contributed by atoms with Crippen LogP contribution < -0.4 is 5.32 Å². The van der Waals surface area contributed by atoms with E-state index in [0.29, 0.717) is 5.92 Å². The van der Waals surface area contributed by atoms with E-state index in [2.05, 4.69) is 10.2 Å². The Labute approximate surface area is 133 Å². The van der Waals surface area contributed by atoms with E-state index in [0.717, 1.165) is 17.8 Å². The van der Waals surface area contributed by atoms with Crippen molar-refractivity contribution in [3.63, 3.8) is 0 Å². The van der Waals surface area contributed by atoms with E-state index in [1.165, 1.54) is 64.0 Å². The van der Waals surface area contributed by atoms with Gasteiger partial charge in [-0.15, -0.1) is 0 Å². The van der Waals surface area contributed by atoms with Gasteiger partial charge in [-0.1, -0.05) is 12.1 Å². The lowest BCUT2D eigenvalue weighted by atomic mass is 9.87. The zero-order valence-electron chi connectivity index (χ0n) is 13.3. The summed E-state index contributed by atoms with van der Waals surface area (Å²) in [4.78, 5) is 2.67. The van der Waals surface area contributed by atoms with Crippen molar-refractivity contribution in [3.8, 4) is 0 Å². The summed E-state index contributed by atoms with van der Waals surface area (Å²) < 4.78 is 13.0. The summed E-state index contributed by atoms with van der Waals surface area (Å²) in [7, 11) is 0. The van der Waals surface area contributed by atoms with Crippen LogP contribution in [-0.2, 0) is 0 Å². The second-order valence-corrected chi connectivity index (χ2v) is 7.55. The summed E-state index contributed by atoms with van der Waals surface area (Å²) in [6.45, 7) is 6.16. The number of nitrogens with one attached hydrogen (secondary N) is 1. The molecule has 4 rings (SSSR count). The fourth-order valence-corrected chi connectivity index (χ4v) is 4.54. The van der Waals surface area contributed by atoms with Crippen molar-refractivity contribution in [2.24, 2.45) is 17.8 Å². The number of hydrogen-bond acceptors (Lipinski definition) is 2. The van der Waals surface area contributed by atoms with E-state index in [-0.39, 0.29) is 5.82 Å². The predicted molar refractivity (Wildman–Crippen MR) is 87.4 cm³/mol. The van der Waals surface area contributed by atoms with Gasteiger partial charge in [0, 0.05) is 6.54 Å². The molecule has 1 saturated carbocycles. The quantitative estimate of drug-likeness (QED) is 0.918. The van der Waals surface area contributed by atoms with E-state index < -0.39 is 0 Å². The Hall–Kier alpha value is -0.930. The third-order valence-corrected chi connectivity index (χ3v) is 6.04. The zero-order chi connectivity index (χ0) is 14.9. The normalized spacial score (nSPS) is 30.8. The van der Waals surface area contributed by atoms with Crippen molar-refractivity contribution < 1.29 is 4.39 Å². The second kappa shape index (κ2) is 6.29. The first-order chi connectivity index (χ1) is 10.8. The lowest BCUT2D eigenvalue weighted by Gasteiger charge is -2.34. The van der Waals surface area contributed by atoms with Crippen LogP contribution in [0.4, 0.5) is 4.39 Å². The fourth-order valence-electron chi connectivity index (χ4n) is 4.54. The molecule has 120 valence electrons. The van der Waals surface area contributed by atoms with E-state index >= 15 is 0 Å². The summed E-state index contributed by atoms with van der Waals surface area (Å²) in [5.41, 5.74) is 1.32. The Kier molecular flexibility index (Phi) is 4.19. The molecule has 1 N–H and O–H groups in total. The highest BCUT2D eigenvalue weighted by molar-refractivity contribution is 5.21. The summed E-state index contributed by atoms with van der Waals surface area (Å²) in [5.74, 6) is 3.33. The van der Waals surface area contributed by atoms with Crippen LogP contribution in [-0.4, -0.2) is 37.6 Å². The Morgan fingerprint density at radius 3 is 2.41 bits per heavy atom. The number of rotatable bonds is 4. The first-order valence-corrected chi connectivity index (χ1v) is 8.98. The first-order valence-electron chi connectivity index (χ1n) is 8.98. The minimum absolute atomic E-state index is 0.124. The predicted octanol–water partition coefficient (Wildman–Crippen LogP) is 3.25. The van der Waals surface area contributed by atoms with E-state index in [9.17, 15) is 4.39 Å². The minimum Gasteiger partial charge on any atom is -0.316 e. The number of piperidine rings is 1. The highest BCUT2D eigenvalue weighted by Crippen LogP contribution is 2.42. The maximum atomic E-state index is 13.0. The lowest BCUT2D eigenvalue weighted by molar-refractivity contribution is 0.167. The zero-order valence-corrected chi connectivity index (χ0v) is 13.3. The summed E-state index contributed by atoms with van der Waals surface area (Å²) in [5, 5.41) is 3.61. The number of nitrogens with zero attached hydrogens (tertiary/aromatic N) is 1. The summed E-state index contributed by atoms with van der Waals surface area (Å²) in [6.07, 6.45) is 5.38. The van der Waals surface area contributed by atoms with Gasteiger partial charge in [-0.2, -0.15) is 0 Å². The maximum absolute atomic E-state index is 13.0. The molecule has 1 aliphatic carbocycles. The highest BCUT2D eigenvalue weighted by Gasteiger charge is 2.39. The Bertz CT molecular complexity index is 489. The van der Waals surface area contributed by atoms with Gasteiger partial charge in [-0.05, 0) is 93.2 Å². The van der Waals surface area contributed by atoms with Gasteiger partial charge in [0.15, 0.2) is 0 Å². The molecule has 2 saturated heterocycles. The summed E-state index contributed by atoms with van der Waals surface area (Å²) in [6, 6.07) is 7.15. The molecule has 3 aliphatic rings. The Morgan fingerprint density at radius 2 is 1.73 bits per heavy atom. The molecule has 0 radical (unpaired) electrons. The number of halogens is 1. The molecule has 1 aromatic rings. The van der Waals surface area contributed by atoms with E-state index in [4.69, 9.17) is 0 Å². The van der Waals surface area contributed by atoms with E-state index in [1.54, 1.807) is 12.1 Å². The van der Waals surface area contributed by atoms with Gasteiger partial charge in [0.1, 0.15) is 5.82 Å². The fraction of sp³-hybridized carbons (Fsp3) is 0.684. The van der Waals surface area contributed by atoms with E-state index in [1.807, 2.05) is 12.1 Å². The van der Waals surface area contributed by atoms with Gasteiger partial charge >= 0.3 is 0 Å². The molecule has 0 aromatic heterocycles. The lowest BCUT2D eigenvalue weighted by Crippen LogP contribution is -2.38. The molecule has 2 heterocycles. The molecule has 22 heavy (non-hydrogen) atoms. The van der Waals surface area contributed by atoms with Crippen molar-refractivity contribution in [1.29, 1.82) is 0 Å². The second-order valence-electron chi connectivity index (χ2n) is 7.55. The molecule has 0 unspecified atom stereocenters. The molecule has 0 amide bonds. The van der Waals surface area contributed by atoms with Crippen LogP contribution in [0.5, 0.6) is 0 Å². The van der Waals surface area contributed by atoms with Gasteiger partial charge in [-0.25, -0.2) is 4.39 Å². The monoisotopic (exact) mass is 302 g/mol. The van der Waals surface area contributed by atoms with Crippen molar-refractivity contribution in [3.05, 3.63) is 35.6 Å². The molecular weight excluding hydrogens is 275 g/mol. The summed E-state index contributed by atoms with van der Waals surface area (Å²) >= 11 is 0. The largest absolute Gasteiger partial charge is 0.316 e. The van der Waals surface area contributed by atoms with Crippen LogP contribution in [0.1, 0.15) is 37.2 Å². The van der Waals surface area contributed by atoms with Gasteiger partial charge < -0.3 is 10.2 Å². The Balaban J connectivity index is 1.29. The van der Waals surface area contributed by atoms with Gasteiger partial charge in [0.05, 0.1) is 0 Å². The Morgan fingerprint density at radius 1 is 1.00 bits per heavy atom. The SMILES string of the molecule is Fc1ccc(C2CCN(C[C@H]3CNC[C@H]3C3CC3)CC2)cc1. The van der Waals surface area contributed by atoms with Gasteiger partial charge in [0.2, 0.25) is 0 Å². The van der Waals surface area contributed by atoms with Crippen LogP contribution in [0.25, 0.3) is 0 Å². The maximum Gasteiger partial charge on any atom is 0.123 e. The van der Waals surface area contributed by atoms with Crippen LogP contribution in [0.15, 0.2) is 24.3 Å². The molecule has 2 aliphatic heterocycles. The third kappa shape index (κ3) is 3.21. The molecule has 3 fully saturated rings. The van der Waals surface area contributed by atoms with Crippen LogP contribution in [0, 0.1) is 23.6 Å². The van der Waals surface area contributed by atoms with Crippen molar-refractivity contribution in [2.45, 2.75) is 31.6 Å². The molecule has 0 bridgehead atoms. The smallest absolute Gasteiger partial charge is 0.123 e. The molecule has 2 nitrogen and oxygen atoms in total.